The Kier molecular flexibility index (Phi) is 6.08. The maximum atomic E-state index is 8.87. The van der Waals surface area contributed by atoms with Crippen LogP contribution in [0.3, 0.4) is 0 Å². The van der Waals surface area contributed by atoms with Crippen molar-refractivity contribution in [3.63, 3.8) is 0 Å². The molecule has 2 aliphatic heterocycles. The molecule has 1 aromatic heterocycles. The van der Waals surface area contributed by atoms with E-state index in [1.807, 2.05) is 53.7 Å². The zero-order valence-electron chi connectivity index (χ0n) is 39.4. The average molecular weight is 779 g/mol. The summed E-state index contributed by atoms with van der Waals surface area (Å²) in [4.78, 5) is 8.68. The van der Waals surface area contributed by atoms with Crippen molar-refractivity contribution in [3.8, 4) is 45.0 Å². The summed E-state index contributed by atoms with van der Waals surface area (Å²) in [5.41, 5.74) is 3.36. The molecule has 8 aromatic rings. The minimum absolute atomic E-state index is 0.0805. The fourth-order valence-electron chi connectivity index (χ4n) is 7.96. The van der Waals surface area contributed by atoms with Gasteiger partial charge in [0.2, 0.25) is 0 Å². The van der Waals surface area contributed by atoms with Gasteiger partial charge in [-0.3, -0.25) is 0 Å². The third-order valence-corrected chi connectivity index (χ3v) is 20.4. The maximum absolute atomic E-state index is 8.87. The van der Waals surface area contributed by atoms with Crippen molar-refractivity contribution in [1.29, 1.82) is 0 Å². The molecule has 0 amide bonds. The molecule has 3 heterocycles. The smallest absolute Gasteiger partial charge is 0.0616 e. The van der Waals surface area contributed by atoms with Crippen LogP contribution in [0.2, 0.25) is 0 Å². The standard InChI is InChI=1S/C50H37GeN3O/c1-5-16-37(17-6-1)44-26-14-27-45(38-18-7-2-8-19-38)50(44)54-33-32-53(36-54)41-24-13-25-42(34-41)55-43-29-30-47-46(35-43)49-48(28-15-31-52-49)51(47,39-20-9-3-10-21-39)40-22-11-4-12-23-40/h1-35H,36H2/i1D,2D,5D,6D,7D,8D,16D,17D,18D,19D. The van der Waals surface area contributed by atoms with Gasteiger partial charge in [-0.25, -0.2) is 0 Å². The Morgan fingerprint density at radius 1 is 0.527 bits per heavy atom. The van der Waals surface area contributed by atoms with E-state index >= 15 is 0 Å². The molecule has 0 bridgehead atoms. The van der Waals surface area contributed by atoms with Crippen molar-refractivity contribution in [1.82, 2.24) is 4.98 Å². The van der Waals surface area contributed by atoms with Crippen molar-refractivity contribution in [2.45, 2.75) is 0 Å². The molecule has 0 spiro atoms. The summed E-state index contributed by atoms with van der Waals surface area (Å²) in [6, 6.07) is 39.6. The van der Waals surface area contributed by atoms with E-state index in [1.165, 1.54) is 17.6 Å². The molecule has 0 unspecified atom stereocenters. The van der Waals surface area contributed by atoms with Crippen LogP contribution in [0.25, 0.3) is 33.5 Å². The van der Waals surface area contributed by atoms with Gasteiger partial charge in [-0.05, 0) is 11.1 Å². The van der Waals surface area contributed by atoms with Crippen LogP contribution in [0.5, 0.6) is 11.5 Å². The summed E-state index contributed by atoms with van der Waals surface area (Å²) in [6.07, 6.45) is 5.42. The SMILES string of the molecule is [2H]c1c([2H])c([2H])c(-c2cccc(-c3c([2H])c([2H])c([2H])c([2H])c3[2H])c2N2C=CN(c3cccc(Oc4cc[c]5c(c4)-c4nccc[c]4[Ge]5([c]4ccccc4)[c]4ccccc4)c3)C2)c([2H])c1[2H]. The molecule has 0 saturated heterocycles. The van der Waals surface area contributed by atoms with Crippen LogP contribution < -0.4 is 32.1 Å². The second-order valence-corrected chi connectivity index (χ2v) is 21.1. The maximum Gasteiger partial charge on any atom is 0.0629 e. The topological polar surface area (TPSA) is 28.6 Å². The molecule has 0 radical (unpaired) electrons. The van der Waals surface area contributed by atoms with Crippen molar-refractivity contribution in [2.75, 3.05) is 16.5 Å². The quantitative estimate of drug-likeness (QED) is 0.144. The van der Waals surface area contributed by atoms with E-state index in [0.717, 1.165) is 16.9 Å². The van der Waals surface area contributed by atoms with Gasteiger partial charge in [0.1, 0.15) is 0 Å². The predicted octanol–water partition coefficient (Wildman–Crippen LogP) is 9.32. The molecule has 7 aromatic carbocycles. The number of hydrogen-bond donors (Lipinski definition) is 0. The van der Waals surface area contributed by atoms with Crippen LogP contribution in [0.15, 0.2) is 212 Å². The zero-order chi connectivity index (χ0) is 45.3. The summed E-state index contributed by atoms with van der Waals surface area (Å²) < 4.78 is 97.5. The first kappa shape index (κ1) is 23.9. The predicted molar refractivity (Wildman–Crippen MR) is 230 cm³/mol. The van der Waals surface area contributed by atoms with Crippen LogP contribution in [-0.2, 0) is 0 Å². The molecule has 10 rings (SSSR count). The van der Waals surface area contributed by atoms with Crippen LogP contribution in [0.4, 0.5) is 11.4 Å². The number of nitrogens with zero attached hydrogens (tertiary/aromatic N) is 3. The summed E-state index contributed by atoms with van der Waals surface area (Å²) in [5.74, 6) is 1.22. The fourth-order valence-corrected chi connectivity index (χ4v) is 18.6. The molecule has 0 atom stereocenters. The Bertz CT molecular complexity index is 3080. The minimum atomic E-state index is -3.46. The Labute approximate surface area is 338 Å². The van der Waals surface area contributed by atoms with Gasteiger partial charge in [-0.2, -0.15) is 0 Å². The van der Waals surface area contributed by atoms with E-state index in [9.17, 15) is 0 Å². The molecule has 262 valence electrons. The van der Waals surface area contributed by atoms with Gasteiger partial charge < -0.3 is 0 Å². The first-order valence-electron chi connectivity index (χ1n) is 22.9. The Balaban J connectivity index is 1.02. The molecule has 0 saturated carbocycles. The second kappa shape index (κ2) is 14.0. The van der Waals surface area contributed by atoms with Crippen LogP contribution >= 0.6 is 0 Å². The number of benzene rings is 7. The van der Waals surface area contributed by atoms with E-state index < -0.39 is 73.7 Å². The third-order valence-electron chi connectivity index (χ3n) is 10.3. The fraction of sp³-hybridized carbons (Fsp3) is 0.0200. The van der Waals surface area contributed by atoms with Crippen molar-refractivity contribution >= 4 is 42.2 Å². The number of rotatable bonds is 8. The van der Waals surface area contributed by atoms with E-state index in [0.29, 0.717) is 17.2 Å². The van der Waals surface area contributed by atoms with Crippen LogP contribution in [0, 0.1) is 0 Å². The van der Waals surface area contributed by atoms with Crippen LogP contribution in [0.1, 0.15) is 13.7 Å². The molecule has 5 heteroatoms. The number of aromatic nitrogens is 1. The normalized spacial score (nSPS) is 16.3. The average Bonchev–Trinajstić information content (AvgIpc) is 3.94. The van der Waals surface area contributed by atoms with Crippen molar-refractivity contribution in [3.05, 3.63) is 212 Å². The van der Waals surface area contributed by atoms with Crippen molar-refractivity contribution in [2.24, 2.45) is 0 Å². The minimum Gasteiger partial charge on any atom is -0.0616 e. The summed E-state index contributed by atoms with van der Waals surface area (Å²) in [6.45, 7) is 0.152. The Hall–Kier alpha value is -6.63. The van der Waals surface area contributed by atoms with Crippen molar-refractivity contribution < 1.29 is 18.4 Å². The third kappa shape index (κ3) is 5.74. The summed E-state index contributed by atoms with van der Waals surface area (Å²) in [7, 11) is 0. The summed E-state index contributed by atoms with van der Waals surface area (Å²) >= 11 is -3.46. The zero-order valence-corrected chi connectivity index (χ0v) is 31.5. The van der Waals surface area contributed by atoms with E-state index in [4.69, 9.17) is 23.4 Å². The van der Waals surface area contributed by atoms with E-state index in [1.54, 1.807) is 29.3 Å². The van der Waals surface area contributed by atoms with Crippen LogP contribution in [-0.4, -0.2) is 24.9 Å². The van der Waals surface area contributed by atoms with Gasteiger partial charge in [0.25, 0.3) is 0 Å². The monoisotopic (exact) mass is 779 g/mol. The molecule has 4 nitrogen and oxygen atoms in total. The number of pyridine rings is 1. The molecule has 0 aliphatic carbocycles. The molecular weight excluding hydrogens is 731 g/mol. The molecule has 0 fully saturated rings. The first-order valence-corrected chi connectivity index (χ1v) is 22.1. The van der Waals surface area contributed by atoms with E-state index in [-0.39, 0.29) is 28.9 Å². The number of para-hydroxylation sites is 1. The number of anilines is 2. The first-order chi connectivity index (χ1) is 31.4. The molecule has 0 N–H and O–H groups in total. The summed E-state index contributed by atoms with van der Waals surface area (Å²) in [5, 5.41) is 0. The van der Waals surface area contributed by atoms with Gasteiger partial charge in [0.05, 0.1) is 13.7 Å². The number of ether oxygens (including phenoxy) is 1. The molecular formula is C50H37GeN3O. The number of hydrogen-bond acceptors (Lipinski definition) is 4. The van der Waals surface area contributed by atoms with Gasteiger partial charge >= 0.3 is 225 Å². The number of fused-ring (bicyclic) bond motifs is 3. The van der Waals surface area contributed by atoms with Gasteiger partial charge in [-0.1, -0.05) is 78.6 Å². The molecule has 2 aliphatic rings. The van der Waals surface area contributed by atoms with Gasteiger partial charge in [-0.15, -0.1) is 0 Å². The Morgan fingerprint density at radius 2 is 1.15 bits per heavy atom. The second-order valence-electron chi connectivity index (χ2n) is 13.3. The van der Waals surface area contributed by atoms with Gasteiger partial charge in [0.15, 0.2) is 0 Å². The van der Waals surface area contributed by atoms with Gasteiger partial charge in [0, 0.05) is 11.1 Å². The van der Waals surface area contributed by atoms with E-state index in [2.05, 4.69) is 78.9 Å². The molecule has 55 heavy (non-hydrogen) atoms. The largest absolute Gasteiger partial charge is 0.0629 e. The Morgan fingerprint density at radius 3 is 1.82 bits per heavy atom.